The van der Waals surface area contributed by atoms with Gasteiger partial charge in [0.1, 0.15) is 5.69 Å². The molecule has 1 unspecified atom stereocenters. The van der Waals surface area contributed by atoms with Crippen LogP contribution in [-0.2, 0) is 4.79 Å². The number of H-pyrrole nitrogens is 1. The molecule has 2 heterocycles. The van der Waals surface area contributed by atoms with Crippen LogP contribution in [0.2, 0.25) is 10.0 Å². The minimum atomic E-state index is -0.583. The Morgan fingerprint density at radius 1 is 1.03 bits per heavy atom. The van der Waals surface area contributed by atoms with E-state index >= 15 is 0 Å². The van der Waals surface area contributed by atoms with Crippen molar-refractivity contribution in [1.29, 1.82) is 0 Å². The van der Waals surface area contributed by atoms with E-state index in [2.05, 4.69) is 32.7 Å². The predicted molar refractivity (Wildman–Crippen MR) is 145 cm³/mol. The number of nitrogens with one attached hydrogen (secondary N) is 4. The molecule has 0 saturated carbocycles. The van der Waals surface area contributed by atoms with Crippen LogP contribution < -0.4 is 16.0 Å². The van der Waals surface area contributed by atoms with Crippen LogP contribution in [0.25, 0.3) is 0 Å². The largest absolute Gasteiger partial charge is 0.346 e. The third kappa shape index (κ3) is 6.21. The number of aromatic nitrogens is 2. The SMILES string of the molecule is C=CC(=O)Nc1ccc(C(=O)N2CCCC(NC(=O)c3[nH]ncc3NC(=O)c3c(Cl)cccc3Cl)C2)cc1. The molecule has 0 aliphatic carbocycles. The molecule has 2 aromatic carbocycles. The quantitative estimate of drug-likeness (QED) is 0.325. The van der Waals surface area contributed by atoms with Crippen molar-refractivity contribution < 1.29 is 19.2 Å². The first-order valence-corrected chi connectivity index (χ1v) is 12.4. The lowest BCUT2D eigenvalue weighted by Gasteiger charge is -2.33. The first-order chi connectivity index (χ1) is 18.3. The highest BCUT2D eigenvalue weighted by Gasteiger charge is 2.27. The number of halogens is 2. The number of aromatic amines is 1. The van der Waals surface area contributed by atoms with Gasteiger partial charge in [0.2, 0.25) is 5.91 Å². The maximum Gasteiger partial charge on any atom is 0.271 e. The molecule has 1 saturated heterocycles. The van der Waals surface area contributed by atoms with Crippen LogP contribution in [0.4, 0.5) is 11.4 Å². The summed E-state index contributed by atoms with van der Waals surface area (Å²) in [6.07, 6.45) is 3.85. The highest BCUT2D eigenvalue weighted by molar-refractivity contribution is 6.40. The van der Waals surface area contributed by atoms with Gasteiger partial charge in [-0.05, 0) is 55.3 Å². The number of carbonyl (C=O) groups excluding carboxylic acids is 4. The fourth-order valence-electron chi connectivity index (χ4n) is 4.06. The van der Waals surface area contributed by atoms with Crippen molar-refractivity contribution in [1.82, 2.24) is 20.4 Å². The number of likely N-dealkylation sites (tertiary alicyclic amines) is 1. The first kappa shape index (κ1) is 26.9. The zero-order valence-electron chi connectivity index (χ0n) is 20.1. The molecule has 3 aromatic rings. The fraction of sp³-hybridized carbons (Fsp3) is 0.192. The second-order valence-electron chi connectivity index (χ2n) is 8.54. The topological polar surface area (TPSA) is 136 Å². The lowest BCUT2D eigenvalue weighted by atomic mass is 10.0. The Labute approximate surface area is 228 Å². The zero-order chi connectivity index (χ0) is 27.2. The van der Waals surface area contributed by atoms with Crippen LogP contribution in [0, 0.1) is 0 Å². The average Bonchev–Trinajstić information content (AvgIpc) is 3.37. The first-order valence-electron chi connectivity index (χ1n) is 11.7. The number of nitrogens with zero attached hydrogens (tertiary/aromatic N) is 2. The molecule has 4 rings (SSSR count). The highest BCUT2D eigenvalue weighted by atomic mass is 35.5. The van der Waals surface area contributed by atoms with Gasteiger partial charge in [-0.1, -0.05) is 35.8 Å². The Kier molecular flexibility index (Phi) is 8.45. The molecule has 1 aliphatic rings. The van der Waals surface area contributed by atoms with E-state index in [-0.39, 0.29) is 44.8 Å². The van der Waals surface area contributed by atoms with Crippen LogP contribution in [0.15, 0.2) is 61.3 Å². The third-order valence-corrected chi connectivity index (χ3v) is 6.56. The fourth-order valence-corrected chi connectivity index (χ4v) is 4.63. The number of hydrogen-bond acceptors (Lipinski definition) is 5. The normalized spacial score (nSPS) is 14.9. The van der Waals surface area contributed by atoms with Gasteiger partial charge in [0.15, 0.2) is 0 Å². The van der Waals surface area contributed by atoms with Crippen molar-refractivity contribution in [2.45, 2.75) is 18.9 Å². The second kappa shape index (κ2) is 11.9. The second-order valence-corrected chi connectivity index (χ2v) is 9.36. The molecule has 1 fully saturated rings. The lowest BCUT2D eigenvalue weighted by molar-refractivity contribution is -0.111. The maximum absolute atomic E-state index is 13.0. The van der Waals surface area contributed by atoms with Crippen LogP contribution in [-0.4, -0.2) is 57.9 Å². The number of rotatable bonds is 7. The molecular formula is C26H24Cl2N6O4. The molecule has 0 radical (unpaired) electrons. The number of amides is 4. The van der Waals surface area contributed by atoms with E-state index in [9.17, 15) is 19.2 Å². The number of piperidine rings is 1. The maximum atomic E-state index is 13.0. The van der Waals surface area contributed by atoms with Crippen molar-refractivity contribution >= 4 is 58.2 Å². The molecule has 0 spiro atoms. The summed E-state index contributed by atoms with van der Waals surface area (Å²) >= 11 is 12.2. The van der Waals surface area contributed by atoms with Crippen LogP contribution in [0.1, 0.15) is 44.0 Å². The molecule has 1 atom stereocenters. The molecule has 196 valence electrons. The van der Waals surface area contributed by atoms with Gasteiger partial charge in [-0.3, -0.25) is 24.3 Å². The Morgan fingerprint density at radius 2 is 1.74 bits per heavy atom. The Morgan fingerprint density at radius 3 is 2.42 bits per heavy atom. The van der Waals surface area contributed by atoms with Crippen molar-refractivity contribution in [3.05, 3.63) is 88.2 Å². The van der Waals surface area contributed by atoms with E-state index in [1.54, 1.807) is 35.2 Å². The van der Waals surface area contributed by atoms with E-state index in [0.717, 1.165) is 6.08 Å². The van der Waals surface area contributed by atoms with E-state index in [0.29, 0.717) is 37.2 Å². The molecule has 4 N–H and O–H groups in total. The van der Waals surface area contributed by atoms with Gasteiger partial charge in [0, 0.05) is 30.4 Å². The zero-order valence-corrected chi connectivity index (χ0v) is 21.6. The van der Waals surface area contributed by atoms with Crippen molar-refractivity contribution in [3.8, 4) is 0 Å². The van der Waals surface area contributed by atoms with Gasteiger partial charge in [-0.2, -0.15) is 5.10 Å². The highest BCUT2D eigenvalue weighted by Crippen LogP contribution is 2.26. The standard InChI is InChI=1S/C26H24Cl2N6O4/c1-2-21(35)30-16-10-8-15(9-11-16)26(38)34-12-4-5-17(14-34)31-25(37)23-20(13-29-33-23)32-24(36)22-18(27)6-3-7-19(22)28/h2-3,6-11,13,17H,1,4-5,12,14H2,(H,29,33)(H,30,35)(H,31,37)(H,32,36). The Hall–Kier alpha value is -4.15. The van der Waals surface area contributed by atoms with Gasteiger partial charge in [0.05, 0.1) is 27.5 Å². The van der Waals surface area contributed by atoms with E-state index in [1.165, 1.54) is 18.3 Å². The summed E-state index contributed by atoms with van der Waals surface area (Å²) < 4.78 is 0. The summed E-state index contributed by atoms with van der Waals surface area (Å²) in [4.78, 5) is 51.9. The number of carbonyl (C=O) groups is 4. The van der Waals surface area contributed by atoms with E-state index in [1.807, 2.05) is 0 Å². The van der Waals surface area contributed by atoms with Crippen LogP contribution in [0.3, 0.4) is 0 Å². The monoisotopic (exact) mass is 554 g/mol. The number of benzene rings is 2. The summed E-state index contributed by atoms with van der Waals surface area (Å²) in [6.45, 7) is 4.26. The van der Waals surface area contributed by atoms with Crippen molar-refractivity contribution in [2.24, 2.45) is 0 Å². The molecular weight excluding hydrogens is 531 g/mol. The molecule has 0 bridgehead atoms. The van der Waals surface area contributed by atoms with Gasteiger partial charge in [-0.25, -0.2) is 0 Å². The van der Waals surface area contributed by atoms with Crippen molar-refractivity contribution in [3.63, 3.8) is 0 Å². The van der Waals surface area contributed by atoms with Gasteiger partial charge >= 0.3 is 0 Å². The molecule has 38 heavy (non-hydrogen) atoms. The van der Waals surface area contributed by atoms with Gasteiger partial charge in [0.25, 0.3) is 17.7 Å². The number of hydrogen-bond donors (Lipinski definition) is 4. The smallest absolute Gasteiger partial charge is 0.271 e. The molecule has 4 amide bonds. The molecule has 1 aliphatic heterocycles. The third-order valence-electron chi connectivity index (χ3n) is 5.93. The summed E-state index contributed by atoms with van der Waals surface area (Å²) in [6, 6.07) is 10.9. The number of anilines is 2. The summed E-state index contributed by atoms with van der Waals surface area (Å²) in [7, 11) is 0. The summed E-state index contributed by atoms with van der Waals surface area (Å²) in [5, 5.41) is 15.0. The van der Waals surface area contributed by atoms with Crippen LogP contribution >= 0.6 is 23.2 Å². The lowest BCUT2D eigenvalue weighted by Crippen LogP contribution is -2.49. The van der Waals surface area contributed by atoms with E-state index in [4.69, 9.17) is 23.2 Å². The average molecular weight is 555 g/mol. The Bertz CT molecular complexity index is 1370. The summed E-state index contributed by atoms with van der Waals surface area (Å²) in [5.41, 5.74) is 1.32. The van der Waals surface area contributed by atoms with Crippen molar-refractivity contribution in [2.75, 3.05) is 23.7 Å². The molecule has 10 nitrogen and oxygen atoms in total. The minimum absolute atomic E-state index is 0.0575. The summed E-state index contributed by atoms with van der Waals surface area (Å²) in [5.74, 6) is -1.59. The Balaban J connectivity index is 1.38. The predicted octanol–water partition coefficient (Wildman–Crippen LogP) is 4.13. The molecule has 12 heteroatoms. The molecule has 1 aromatic heterocycles. The van der Waals surface area contributed by atoms with Gasteiger partial charge in [-0.15, -0.1) is 0 Å². The van der Waals surface area contributed by atoms with E-state index < -0.39 is 11.8 Å². The van der Waals surface area contributed by atoms with Gasteiger partial charge < -0.3 is 20.9 Å². The van der Waals surface area contributed by atoms with Crippen LogP contribution in [0.5, 0.6) is 0 Å². The minimum Gasteiger partial charge on any atom is -0.346 e.